The van der Waals surface area contributed by atoms with E-state index in [2.05, 4.69) is 0 Å². The van der Waals surface area contributed by atoms with E-state index in [0.717, 1.165) is 11.1 Å². The minimum Gasteiger partial charge on any atom is -0.450 e. The topological polar surface area (TPSA) is 59.8 Å². The van der Waals surface area contributed by atoms with Crippen LogP contribution in [0.5, 0.6) is 0 Å². The van der Waals surface area contributed by atoms with Crippen molar-refractivity contribution in [3.05, 3.63) is 81.2 Å². The maximum atomic E-state index is 13.2. The molecule has 1 aliphatic heterocycles. The molecule has 0 spiro atoms. The van der Waals surface area contributed by atoms with Crippen LogP contribution in [0.15, 0.2) is 57.7 Å². The van der Waals surface area contributed by atoms with Crippen LogP contribution in [0.1, 0.15) is 39.7 Å². The molecule has 138 valence electrons. The van der Waals surface area contributed by atoms with Crippen molar-refractivity contribution in [3.8, 4) is 0 Å². The highest BCUT2D eigenvalue weighted by Gasteiger charge is 2.42. The van der Waals surface area contributed by atoms with E-state index in [4.69, 9.17) is 9.15 Å². The van der Waals surface area contributed by atoms with Crippen LogP contribution in [-0.2, 0) is 4.74 Å². The lowest BCUT2D eigenvalue weighted by atomic mass is 9.97. The molecule has 2 aromatic carbocycles. The number of amides is 1. The quantitative estimate of drug-likeness (QED) is 0.649. The molecule has 0 radical (unpaired) electrons. The first-order valence-corrected chi connectivity index (χ1v) is 9.04. The average molecular weight is 363 g/mol. The zero-order chi connectivity index (χ0) is 19.0. The Hall–Kier alpha value is -2.92. The molecule has 5 nitrogen and oxygen atoms in total. The zero-order valence-electron chi connectivity index (χ0n) is 15.4. The predicted molar refractivity (Wildman–Crippen MR) is 103 cm³/mol. The number of rotatable bonds is 5. The highest BCUT2D eigenvalue weighted by Crippen LogP contribution is 2.38. The van der Waals surface area contributed by atoms with Gasteiger partial charge in [-0.05, 0) is 31.0 Å². The van der Waals surface area contributed by atoms with Gasteiger partial charge in [-0.15, -0.1) is 0 Å². The summed E-state index contributed by atoms with van der Waals surface area (Å²) >= 11 is 0. The van der Waals surface area contributed by atoms with E-state index < -0.39 is 6.04 Å². The number of benzene rings is 2. The summed E-state index contributed by atoms with van der Waals surface area (Å²) in [6, 6.07) is 14.6. The Morgan fingerprint density at radius 1 is 1.07 bits per heavy atom. The fourth-order valence-corrected chi connectivity index (χ4v) is 3.67. The molecule has 3 aromatic rings. The van der Waals surface area contributed by atoms with Gasteiger partial charge in [0.25, 0.3) is 5.91 Å². The minimum atomic E-state index is -0.439. The van der Waals surface area contributed by atoms with Crippen molar-refractivity contribution >= 4 is 16.9 Å². The Labute approximate surface area is 157 Å². The molecule has 0 aliphatic carbocycles. The van der Waals surface area contributed by atoms with Crippen LogP contribution in [-0.4, -0.2) is 31.1 Å². The van der Waals surface area contributed by atoms with Crippen molar-refractivity contribution in [2.75, 3.05) is 20.3 Å². The molecule has 0 N–H and O–H groups in total. The molecule has 1 aromatic heterocycles. The molecule has 4 rings (SSSR count). The number of fused-ring (bicyclic) bond motifs is 2. The first kappa shape index (κ1) is 17.5. The average Bonchev–Trinajstić information content (AvgIpc) is 2.96. The molecule has 5 heteroatoms. The van der Waals surface area contributed by atoms with Crippen molar-refractivity contribution in [2.24, 2.45) is 0 Å². The van der Waals surface area contributed by atoms with Gasteiger partial charge < -0.3 is 14.1 Å². The fraction of sp³-hybridized carbons (Fsp3) is 0.273. The maximum absolute atomic E-state index is 13.2. The van der Waals surface area contributed by atoms with Crippen LogP contribution in [0.4, 0.5) is 0 Å². The number of methoxy groups -OCH3 is 1. The molecule has 0 saturated heterocycles. The van der Waals surface area contributed by atoms with Crippen LogP contribution in [0.3, 0.4) is 0 Å². The van der Waals surface area contributed by atoms with E-state index in [9.17, 15) is 9.59 Å². The van der Waals surface area contributed by atoms with Gasteiger partial charge in [0, 0.05) is 20.3 Å². The van der Waals surface area contributed by atoms with E-state index in [-0.39, 0.29) is 17.1 Å². The highest BCUT2D eigenvalue weighted by atomic mass is 16.5. The molecule has 0 bridgehead atoms. The van der Waals surface area contributed by atoms with Gasteiger partial charge in [-0.3, -0.25) is 9.59 Å². The van der Waals surface area contributed by atoms with Crippen molar-refractivity contribution in [2.45, 2.75) is 19.4 Å². The van der Waals surface area contributed by atoms with Crippen LogP contribution in [0.25, 0.3) is 11.0 Å². The van der Waals surface area contributed by atoms with E-state index in [1.165, 1.54) is 0 Å². The Morgan fingerprint density at radius 2 is 1.81 bits per heavy atom. The molecule has 1 unspecified atom stereocenters. The Bertz CT molecular complexity index is 1050. The summed E-state index contributed by atoms with van der Waals surface area (Å²) < 4.78 is 11.0. The number of hydrogen-bond donors (Lipinski definition) is 0. The lowest BCUT2D eigenvalue weighted by Gasteiger charge is -2.25. The van der Waals surface area contributed by atoms with Crippen LogP contribution in [0, 0.1) is 6.92 Å². The number of para-hydroxylation sites is 1. The Kier molecular flexibility index (Phi) is 4.54. The van der Waals surface area contributed by atoms with Crippen LogP contribution >= 0.6 is 0 Å². The number of carbonyl (C=O) groups excluding carboxylic acids is 1. The Balaban J connectivity index is 1.90. The summed E-state index contributed by atoms with van der Waals surface area (Å²) in [7, 11) is 1.63. The van der Waals surface area contributed by atoms with Crippen molar-refractivity contribution in [3.63, 3.8) is 0 Å². The third kappa shape index (κ3) is 2.94. The highest BCUT2D eigenvalue weighted by molar-refractivity contribution is 5.99. The molecule has 0 saturated carbocycles. The molecule has 27 heavy (non-hydrogen) atoms. The molecule has 0 fully saturated rings. The molecule has 1 atom stereocenters. The van der Waals surface area contributed by atoms with E-state index in [0.29, 0.717) is 36.1 Å². The van der Waals surface area contributed by atoms with Crippen LogP contribution < -0.4 is 5.43 Å². The molecule has 1 amide bonds. The summed E-state index contributed by atoms with van der Waals surface area (Å²) in [6.45, 7) is 3.05. The second-order valence-corrected chi connectivity index (χ2v) is 6.83. The number of hydrogen-bond acceptors (Lipinski definition) is 4. The van der Waals surface area contributed by atoms with Crippen molar-refractivity contribution < 1.29 is 13.9 Å². The first-order chi connectivity index (χ1) is 13.1. The molecule has 2 heterocycles. The van der Waals surface area contributed by atoms with Gasteiger partial charge in [-0.2, -0.15) is 0 Å². The smallest absolute Gasteiger partial charge is 0.290 e. The summed E-state index contributed by atoms with van der Waals surface area (Å²) in [5.41, 5.74) is 2.77. The van der Waals surface area contributed by atoms with Gasteiger partial charge in [0.05, 0.1) is 17.0 Å². The maximum Gasteiger partial charge on any atom is 0.290 e. The standard InChI is InChI=1S/C22H21NO4/c1-14-8-10-15(11-9-14)19-18-20(24)16-6-3-4-7-17(16)27-21(18)22(25)23(19)12-5-13-26-2/h3-4,6-11,19H,5,12-13H2,1-2H3. The van der Waals surface area contributed by atoms with Crippen molar-refractivity contribution in [1.82, 2.24) is 4.90 Å². The lowest BCUT2D eigenvalue weighted by molar-refractivity contribution is 0.0708. The van der Waals surface area contributed by atoms with Gasteiger partial charge in [0.1, 0.15) is 5.58 Å². The van der Waals surface area contributed by atoms with Gasteiger partial charge >= 0.3 is 0 Å². The van der Waals surface area contributed by atoms with Gasteiger partial charge in [0.2, 0.25) is 5.76 Å². The summed E-state index contributed by atoms with van der Waals surface area (Å²) in [5.74, 6) is -0.0868. The third-order valence-electron chi connectivity index (χ3n) is 5.01. The number of carbonyl (C=O) groups is 1. The number of aryl methyl sites for hydroxylation is 1. The SMILES string of the molecule is COCCCN1C(=O)c2oc3ccccc3c(=O)c2C1c1ccc(C)cc1. The monoisotopic (exact) mass is 363 g/mol. The van der Waals surface area contributed by atoms with Gasteiger partial charge in [0.15, 0.2) is 5.43 Å². The minimum absolute atomic E-state index is 0.139. The number of ether oxygens (including phenoxy) is 1. The lowest BCUT2D eigenvalue weighted by Crippen LogP contribution is -2.31. The van der Waals surface area contributed by atoms with Gasteiger partial charge in [-0.25, -0.2) is 0 Å². The summed E-state index contributed by atoms with van der Waals surface area (Å²) in [5, 5.41) is 0.500. The number of nitrogens with zero attached hydrogens (tertiary/aromatic N) is 1. The van der Waals surface area contributed by atoms with Crippen LogP contribution in [0.2, 0.25) is 0 Å². The molecule has 1 aliphatic rings. The second kappa shape index (κ2) is 7.00. The Morgan fingerprint density at radius 3 is 2.56 bits per heavy atom. The molecular weight excluding hydrogens is 342 g/mol. The zero-order valence-corrected chi connectivity index (χ0v) is 15.4. The van der Waals surface area contributed by atoms with E-state index in [1.807, 2.05) is 31.2 Å². The van der Waals surface area contributed by atoms with E-state index in [1.54, 1.807) is 36.3 Å². The second-order valence-electron chi connectivity index (χ2n) is 6.83. The largest absolute Gasteiger partial charge is 0.450 e. The normalized spacial score (nSPS) is 16.1. The van der Waals surface area contributed by atoms with Crippen molar-refractivity contribution in [1.29, 1.82) is 0 Å². The fourth-order valence-electron chi connectivity index (χ4n) is 3.67. The van der Waals surface area contributed by atoms with Gasteiger partial charge in [-0.1, -0.05) is 42.0 Å². The first-order valence-electron chi connectivity index (χ1n) is 9.04. The summed E-state index contributed by atoms with van der Waals surface area (Å²) in [6.07, 6.45) is 0.687. The predicted octanol–water partition coefficient (Wildman–Crippen LogP) is 3.68. The molecular formula is C22H21NO4. The summed E-state index contributed by atoms with van der Waals surface area (Å²) in [4.78, 5) is 28.0. The third-order valence-corrected chi connectivity index (χ3v) is 5.01. The van der Waals surface area contributed by atoms with E-state index >= 15 is 0 Å².